The van der Waals surface area contributed by atoms with E-state index in [-0.39, 0.29) is 35.6 Å². The second-order valence-corrected chi connectivity index (χ2v) is 11.6. The van der Waals surface area contributed by atoms with Gasteiger partial charge in [-0.2, -0.15) is 0 Å². The van der Waals surface area contributed by atoms with Crippen LogP contribution in [0.1, 0.15) is 53.4 Å². The molecule has 7 atom stereocenters. The highest BCUT2D eigenvalue weighted by molar-refractivity contribution is 8.02. The molecule has 4 heterocycles. The zero-order valence-corrected chi connectivity index (χ0v) is 21.7. The van der Waals surface area contributed by atoms with Crippen LogP contribution in [-0.2, 0) is 14.4 Å². The van der Waals surface area contributed by atoms with Crippen molar-refractivity contribution in [1.82, 2.24) is 14.7 Å². The third-order valence-corrected chi connectivity index (χ3v) is 9.76. The molecule has 2 unspecified atom stereocenters. The highest BCUT2D eigenvalue weighted by Crippen LogP contribution is 2.61. The van der Waals surface area contributed by atoms with Crippen LogP contribution in [0.3, 0.4) is 0 Å². The summed E-state index contributed by atoms with van der Waals surface area (Å²) in [6, 6.07) is -1.10. The summed E-state index contributed by atoms with van der Waals surface area (Å²) in [6.45, 7) is 9.68. The number of thioether (sulfide) groups is 1. The van der Waals surface area contributed by atoms with Crippen molar-refractivity contribution >= 4 is 29.5 Å². The molecule has 0 aromatic rings. The Morgan fingerprint density at radius 3 is 2.50 bits per heavy atom. The van der Waals surface area contributed by atoms with Crippen molar-refractivity contribution in [3.05, 3.63) is 24.3 Å². The number of amides is 3. The Balaban J connectivity index is 1.82. The van der Waals surface area contributed by atoms with Gasteiger partial charge in [0.15, 0.2) is 0 Å². The van der Waals surface area contributed by atoms with Gasteiger partial charge in [-0.05, 0) is 26.2 Å². The van der Waals surface area contributed by atoms with E-state index in [2.05, 4.69) is 32.9 Å². The van der Waals surface area contributed by atoms with Gasteiger partial charge in [-0.1, -0.05) is 51.5 Å². The van der Waals surface area contributed by atoms with Gasteiger partial charge in [0.05, 0.1) is 29.2 Å². The number of likely N-dealkylation sites (tertiary alicyclic amines) is 1. The predicted octanol–water partition coefficient (Wildman–Crippen LogP) is 2.45. The van der Waals surface area contributed by atoms with Crippen LogP contribution >= 0.6 is 11.8 Å². The minimum absolute atomic E-state index is 0.0125. The Morgan fingerprint density at radius 1 is 1.09 bits per heavy atom. The molecule has 0 aliphatic carbocycles. The van der Waals surface area contributed by atoms with Gasteiger partial charge in [0.1, 0.15) is 6.04 Å². The lowest BCUT2D eigenvalue weighted by Crippen LogP contribution is -2.57. The maximum atomic E-state index is 14.2. The molecule has 188 valence electrons. The molecule has 8 heteroatoms. The van der Waals surface area contributed by atoms with Gasteiger partial charge < -0.3 is 19.8 Å². The number of rotatable bonds is 8. The van der Waals surface area contributed by atoms with Crippen molar-refractivity contribution in [2.24, 2.45) is 11.8 Å². The lowest BCUT2D eigenvalue weighted by atomic mass is 9.78. The topological polar surface area (TPSA) is 81.2 Å². The number of nitrogens with zero attached hydrogens (tertiary/aromatic N) is 3. The minimum Gasteiger partial charge on any atom is -0.394 e. The molecule has 0 aromatic heterocycles. The van der Waals surface area contributed by atoms with Crippen LogP contribution in [0.15, 0.2) is 24.3 Å². The molecule has 34 heavy (non-hydrogen) atoms. The maximum Gasteiger partial charge on any atom is 0.247 e. The number of carbonyl (C=O) groups excluding carboxylic acids is 3. The molecule has 0 radical (unpaired) electrons. The highest BCUT2D eigenvalue weighted by atomic mass is 32.2. The smallest absolute Gasteiger partial charge is 0.247 e. The standard InChI is InChI=1S/C26H39N3O4S/c1-5-10-17(4)28-15-9-12-26-21(24(32)29(18(7-3)16-30)22(26)25(28)33)20-19(34-26)11-8-14-27(13-6-2)23(20)31/h8-9,11-12,17-22,30H,5-7,10,13-16H2,1-4H3/t17?,18-,19-,20+,21-,22?,26-/m0/s1. The number of fused-ring (bicyclic) bond motifs is 2. The molecule has 4 aliphatic heterocycles. The molecule has 0 bridgehead atoms. The van der Waals surface area contributed by atoms with E-state index in [4.69, 9.17) is 0 Å². The first kappa shape index (κ1) is 25.3. The van der Waals surface area contributed by atoms with Gasteiger partial charge in [-0.3, -0.25) is 14.4 Å². The van der Waals surface area contributed by atoms with E-state index in [0.717, 1.165) is 19.3 Å². The van der Waals surface area contributed by atoms with Crippen LogP contribution in [0, 0.1) is 11.8 Å². The molecule has 4 aliphatic rings. The molecular formula is C26H39N3O4S. The third-order valence-electron chi connectivity index (χ3n) is 8.02. The Hall–Kier alpha value is -1.80. The predicted molar refractivity (Wildman–Crippen MR) is 134 cm³/mol. The van der Waals surface area contributed by atoms with Crippen LogP contribution < -0.4 is 0 Å². The molecule has 1 N–H and O–H groups in total. The lowest BCUT2D eigenvalue weighted by Gasteiger charge is -2.39. The van der Waals surface area contributed by atoms with Gasteiger partial charge in [0.25, 0.3) is 0 Å². The fourth-order valence-electron chi connectivity index (χ4n) is 6.39. The van der Waals surface area contributed by atoms with E-state index in [1.54, 1.807) is 16.7 Å². The quantitative estimate of drug-likeness (QED) is 0.530. The fourth-order valence-corrected chi connectivity index (χ4v) is 8.39. The lowest BCUT2D eigenvalue weighted by molar-refractivity contribution is -0.147. The second kappa shape index (κ2) is 10.1. The first-order valence-corrected chi connectivity index (χ1v) is 13.8. The number of hydrogen-bond donors (Lipinski definition) is 1. The van der Waals surface area contributed by atoms with Crippen LogP contribution in [0.5, 0.6) is 0 Å². The van der Waals surface area contributed by atoms with Gasteiger partial charge in [-0.25, -0.2) is 0 Å². The Morgan fingerprint density at radius 2 is 1.85 bits per heavy atom. The summed E-state index contributed by atoms with van der Waals surface area (Å²) in [5, 5.41) is 10.0. The molecule has 2 fully saturated rings. The highest BCUT2D eigenvalue weighted by Gasteiger charge is 2.71. The first-order valence-electron chi connectivity index (χ1n) is 12.9. The number of aliphatic hydroxyl groups is 1. The summed E-state index contributed by atoms with van der Waals surface area (Å²) >= 11 is 1.61. The summed E-state index contributed by atoms with van der Waals surface area (Å²) in [4.78, 5) is 47.5. The second-order valence-electron chi connectivity index (χ2n) is 10.1. The average molecular weight is 490 g/mol. The Labute approximate surface area is 207 Å². The monoisotopic (exact) mass is 489 g/mol. The van der Waals surface area contributed by atoms with Gasteiger partial charge in [-0.15, -0.1) is 11.8 Å². The summed E-state index contributed by atoms with van der Waals surface area (Å²) in [5.41, 5.74) is 0. The van der Waals surface area contributed by atoms with Crippen molar-refractivity contribution in [2.45, 2.75) is 81.5 Å². The van der Waals surface area contributed by atoms with Crippen molar-refractivity contribution in [3.8, 4) is 0 Å². The van der Waals surface area contributed by atoms with E-state index in [0.29, 0.717) is 26.1 Å². The third kappa shape index (κ3) is 3.81. The summed E-state index contributed by atoms with van der Waals surface area (Å²) < 4.78 is -0.804. The van der Waals surface area contributed by atoms with Crippen molar-refractivity contribution in [3.63, 3.8) is 0 Å². The number of aliphatic hydroxyl groups excluding tert-OH is 1. The zero-order valence-electron chi connectivity index (χ0n) is 20.9. The molecule has 0 aromatic carbocycles. The largest absolute Gasteiger partial charge is 0.394 e. The van der Waals surface area contributed by atoms with E-state index in [1.807, 2.05) is 28.9 Å². The maximum absolute atomic E-state index is 14.2. The molecule has 3 amide bonds. The van der Waals surface area contributed by atoms with Crippen LogP contribution in [-0.4, -0.2) is 91.9 Å². The summed E-state index contributed by atoms with van der Waals surface area (Å²) in [5.74, 6) is -1.31. The van der Waals surface area contributed by atoms with Crippen LogP contribution in [0.2, 0.25) is 0 Å². The molecule has 7 nitrogen and oxygen atoms in total. The van der Waals surface area contributed by atoms with E-state index < -0.39 is 28.7 Å². The summed E-state index contributed by atoms with van der Waals surface area (Å²) in [6.07, 6.45) is 11.5. The van der Waals surface area contributed by atoms with Crippen LogP contribution in [0.25, 0.3) is 0 Å². The molecular weight excluding hydrogens is 450 g/mol. The Kier molecular flexibility index (Phi) is 7.48. The SMILES string of the molecule is CCCC(C)N1CC=C[C@]23S[C@H]4C=CCN(CCC)C(=O)[C@H]4[C@H]2C(=O)N([C@@H](CC)CO)C3C1=O. The van der Waals surface area contributed by atoms with E-state index in [1.165, 1.54) is 0 Å². The van der Waals surface area contributed by atoms with Gasteiger partial charge in [0.2, 0.25) is 17.7 Å². The summed E-state index contributed by atoms with van der Waals surface area (Å²) in [7, 11) is 0. The average Bonchev–Trinajstić information content (AvgIpc) is 3.13. The minimum atomic E-state index is -0.804. The van der Waals surface area contributed by atoms with Crippen molar-refractivity contribution < 1.29 is 19.5 Å². The number of carbonyl (C=O) groups is 3. The van der Waals surface area contributed by atoms with E-state index in [9.17, 15) is 19.5 Å². The van der Waals surface area contributed by atoms with Crippen LogP contribution in [0.4, 0.5) is 0 Å². The molecule has 4 rings (SSSR count). The first-order chi connectivity index (χ1) is 16.4. The normalized spacial score (nSPS) is 34.6. The number of hydrogen-bond acceptors (Lipinski definition) is 5. The molecule has 0 saturated carbocycles. The molecule has 1 spiro atoms. The van der Waals surface area contributed by atoms with Gasteiger partial charge >= 0.3 is 0 Å². The molecule has 2 saturated heterocycles. The van der Waals surface area contributed by atoms with Crippen molar-refractivity contribution in [2.75, 3.05) is 26.2 Å². The Bertz CT molecular complexity index is 872. The van der Waals surface area contributed by atoms with Crippen molar-refractivity contribution in [1.29, 1.82) is 0 Å². The van der Waals surface area contributed by atoms with E-state index >= 15 is 0 Å². The van der Waals surface area contributed by atoms with Gasteiger partial charge in [0, 0.05) is 30.9 Å². The fraction of sp³-hybridized carbons (Fsp3) is 0.731. The zero-order chi connectivity index (χ0) is 24.6.